The van der Waals surface area contributed by atoms with Gasteiger partial charge < -0.3 is 4.90 Å². The van der Waals surface area contributed by atoms with Crippen LogP contribution in [0.4, 0.5) is 0 Å². The third kappa shape index (κ3) is 3.15. The predicted molar refractivity (Wildman–Crippen MR) is 63.3 cm³/mol. The second kappa shape index (κ2) is 5.82. The zero-order valence-corrected chi connectivity index (χ0v) is 9.37. The molecule has 0 atom stereocenters. The molecule has 0 unspecified atom stereocenters. The molecule has 0 bridgehead atoms. The third-order valence-corrected chi connectivity index (χ3v) is 2.95. The molecule has 0 radical (unpaired) electrons. The van der Waals surface area contributed by atoms with Crippen molar-refractivity contribution in [2.45, 2.75) is 19.8 Å². The summed E-state index contributed by atoms with van der Waals surface area (Å²) in [6.07, 6.45) is 10.9. The highest BCUT2D eigenvalue weighted by molar-refractivity contribution is 5.24. The monoisotopic (exact) mass is 191 g/mol. The molecule has 1 saturated heterocycles. The maximum Gasteiger partial charge on any atom is -0.00159 e. The van der Waals surface area contributed by atoms with Gasteiger partial charge in [0.1, 0.15) is 0 Å². The first kappa shape index (κ1) is 11.3. The van der Waals surface area contributed by atoms with Crippen molar-refractivity contribution >= 4 is 0 Å². The van der Waals surface area contributed by atoms with Crippen LogP contribution in [0.25, 0.3) is 0 Å². The second-order valence-electron chi connectivity index (χ2n) is 3.96. The Morgan fingerprint density at radius 1 is 1.36 bits per heavy atom. The Bertz CT molecular complexity index is 230. The fourth-order valence-corrected chi connectivity index (χ4v) is 1.99. The minimum Gasteiger partial charge on any atom is -0.306 e. The van der Waals surface area contributed by atoms with Crippen LogP contribution < -0.4 is 0 Å². The molecule has 0 aromatic carbocycles. The molecule has 1 aliphatic rings. The summed E-state index contributed by atoms with van der Waals surface area (Å²) < 4.78 is 0. The molecule has 0 amide bonds. The zero-order chi connectivity index (χ0) is 10.4. The van der Waals surface area contributed by atoms with Crippen LogP contribution in [-0.2, 0) is 0 Å². The van der Waals surface area contributed by atoms with Crippen LogP contribution in [0.2, 0.25) is 0 Å². The van der Waals surface area contributed by atoms with Crippen LogP contribution in [0.15, 0.2) is 36.5 Å². The van der Waals surface area contributed by atoms with Crippen molar-refractivity contribution in [2.24, 2.45) is 5.92 Å². The third-order valence-electron chi connectivity index (χ3n) is 2.95. The van der Waals surface area contributed by atoms with Crippen LogP contribution in [0, 0.1) is 5.92 Å². The van der Waals surface area contributed by atoms with E-state index < -0.39 is 0 Å². The fourth-order valence-electron chi connectivity index (χ4n) is 1.99. The van der Waals surface area contributed by atoms with E-state index in [9.17, 15) is 0 Å². The molecule has 1 rings (SSSR count). The number of hydrogen-bond donors (Lipinski definition) is 0. The van der Waals surface area contributed by atoms with Gasteiger partial charge in [0, 0.05) is 0 Å². The molecular formula is C13H21N. The van der Waals surface area contributed by atoms with Gasteiger partial charge in [0.2, 0.25) is 0 Å². The summed E-state index contributed by atoms with van der Waals surface area (Å²) in [5.41, 5.74) is 1.47. The van der Waals surface area contributed by atoms with Gasteiger partial charge in [-0.3, -0.25) is 0 Å². The Morgan fingerprint density at radius 3 is 2.50 bits per heavy atom. The maximum atomic E-state index is 3.70. The molecule has 1 fully saturated rings. The molecule has 1 heteroatoms. The summed E-state index contributed by atoms with van der Waals surface area (Å²) in [4.78, 5) is 2.40. The van der Waals surface area contributed by atoms with Gasteiger partial charge in [0.05, 0.1) is 0 Å². The minimum atomic E-state index is 0.757. The van der Waals surface area contributed by atoms with Crippen molar-refractivity contribution in [3.05, 3.63) is 36.5 Å². The largest absolute Gasteiger partial charge is 0.306 e. The molecule has 0 aromatic rings. The van der Waals surface area contributed by atoms with Gasteiger partial charge in [-0.15, -0.1) is 0 Å². The van der Waals surface area contributed by atoms with E-state index in [1.54, 1.807) is 0 Å². The topological polar surface area (TPSA) is 3.24 Å². The van der Waals surface area contributed by atoms with Crippen molar-refractivity contribution in [2.75, 3.05) is 20.1 Å². The van der Waals surface area contributed by atoms with Gasteiger partial charge >= 0.3 is 0 Å². The number of piperidine rings is 1. The molecule has 0 saturated carbocycles. The Kier molecular flexibility index (Phi) is 4.68. The molecule has 1 nitrogen and oxygen atoms in total. The Hall–Kier alpha value is -0.820. The van der Waals surface area contributed by atoms with Gasteiger partial charge in [0.15, 0.2) is 0 Å². The van der Waals surface area contributed by atoms with Crippen molar-refractivity contribution < 1.29 is 0 Å². The first-order chi connectivity index (χ1) is 6.77. The van der Waals surface area contributed by atoms with Crippen molar-refractivity contribution in [1.82, 2.24) is 4.90 Å². The van der Waals surface area contributed by atoms with Crippen LogP contribution in [0.5, 0.6) is 0 Å². The van der Waals surface area contributed by atoms with Crippen LogP contribution >= 0.6 is 0 Å². The average Bonchev–Trinajstić information content (AvgIpc) is 2.21. The molecular weight excluding hydrogens is 170 g/mol. The average molecular weight is 191 g/mol. The molecule has 0 aliphatic carbocycles. The Labute approximate surface area is 87.8 Å². The summed E-state index contributed by atoms with van der Waals surface area (Å²) in [6.45, 7) is 8.28. The van der Waals surface area contributed by atoms with Gasteiger partial charge in [0.25, 0.3) is 0 Å². The second-order valence-corrected chi connectivity index (χ2v) is 3.96. The first-order valence-electron chi connectivity index (χ1n) is 5.41. The SMILES string of the molecule is C=C/C=C\C(=C/C)C1CCN(C)CC1. The highest BCUT2D eigenvalue weighted by Gasteiger charge is 2.17. The van der Waals surface area contributed by atoms with Crippen molar-refractivity contribution in [3.8, 4) is 0 Å². The van der Waals surface area contributed by atoms with Gasteiger partial charge in [-0.25, -0.2) is 0 Å². The maximum absolute atomic E-state index is 3.70. The number of allylic oxidation sites excluding steroid dienone is 5. The Balaban J connectivity index is 2.54. The highest BCUT2D eigenvalue weighted by atomic mass is 15.1. The van der Waals surface area contributed by atoms with E-state index in [2.05, 4.69) is 37.6 Å². The van der Waals surface area contributed by atoms with E-state index >= 15 is 0 Å². The number of hydrogen-bond acceptors (Lipinski definition) is 1. The van der Waals surface area contributed by atoms with E-state index in [1.165, 1.54) is 31.5 Å². The molecule has 78 valence electrons. The number of nitrogens with zero attached hydrogens (tertiary/aromatic N) is 1. The van der Waals surface area contributed by atoms with E-state index in [-0.39, 0.29) is 0 Å². The van der Waals surface area contributed by atoms with Crippen LogP contribution in [-0.4, -0.2) is 25.0 Å². The van der Waals surface area contributed by atoms with Crippen LogP contribution in [0.3, 0.4) is 0 Å². The van der Waals surface area contributed by atoms with E-state index in [0.29, 0.717) is 0 Å². The molecule has 0 N–H and O–H groups in total. The summed E-state index contributed by atoms with van der Waals surface area (Å²) in [6, 6.07) is 0. The van der Waals surface area contributed by atoms with Gasteiger partial charge in [-0.2, -0.15) is 0 Å². The van der Waals surface area contributed by atoms with Crippen molar-refractivity contribution in [1.29, 1.82) is 0 Å². The Morgan fingerprint density at radius 2 is 2.00 bits per heavy atom. The summed E-state index contributed by atoms with van der Waals surface area (Å²) >= 11 is 0. The number of likely N-dealkylation sites (tertiary alicyclic amines) is 1. The lowest BCUT2D eigenvalue weighted by molar-refractivity contribution is 0.240. The smallest absolute Gasteiger partial charge is 0.00159 e. The molecule has 14 heavy (non-hydrogen) atoms. The van der Waals surface area contributed by atoms with E-state index in [1.807, 2.05) is 12.2 Å². The molecule has 1 heterocycles. The molecule has 1 aliphatic heterocycles. The molecule has 0 spiro atoms. The fraction of sp³-hybridized carbons (Fsp3) is 0.538. The van der Waals surface area contributed by atoms with E-state index in [0.717, 1.165) is 5.92 Å². The quantitative estimate of drug-likeness (QED) is 0.620. The normalized spacial score (nSPS) is 21.7. The van der Waals surface area contributed by atoms with Gasteiger partial charge in [-0.1, -0.05) is 30.9 Å². The lowest BCUT2D eigenvalue weighted by Gasteiger charge is -2.29. The minimum absolute atomic E-state index is 0.757. The summed E-state index contributed by atoms with van der Waals surface area (Å²) in [5, 5.41) is 0. The van der Waals surface area contributed by atoms with Gasteiger partial charge in [-0.05, 0) is 51.4 Å². The van der Waals surface area contributed by atoms with Crippen LogP contribution in [0.1, 0.15) is 19.8 Å². The predicted octanol–water partition coefficient (Wildman–Crippen LogP) is 3.02. The standard InChI is InChI=1S/C13H21N/c1-4-6-7-12(5-2)13-8-10-14(3)11-9-13/h4-7,13H,1,8-11H2,2-3H3/b7-6-,12-5+. The summed E-state index contributed by atoms with van der Waals surface area (Å²) in [5.74, 6) is 0.757. The van der Waals surface area contributed by atoms with Crippen molar-refractivity contribution in [3.63, 3.8) is 0 Å². The highest BCUT2D eigenvalue weighted by Crippen LogP contribution is 2.24. The number of rotatable bonds is 3. The molecule has 0 aromatic heterocycles. The van der Waals surface area contributed by atoms with E-state index in [4.69, 9.17) is 0 Å². The lowest BCUT2D eigenvalue weighted by Crippen LogP contribution is -2.30. The summed E-state index contributed by atoms with van der Waals surface area (Å²) in [7, 11) is 2.20. The lowest BCUT2D eigenvalue weighted by atomic mass is 9.89. The zero-order valence-electron chi connectivity index (χ0n) is 9.37. The first-order valence-corrected chi connectivity index (χ1v) is 5.41.